The van der Waals surface area contributed by atoms with Gasteiger partial charge in [-0.3, -0.25) is 14.4 Å². The molecule has 344 valence electrons. The summed E-state index contributed by atoms with van der Waals surface area (Å²) in [6.45, 7) is 6.59. The van der Waals surface area contributed by atoms with E-state index in [1.54, 1.807) is 0 Å². The average Bonchev–Trinajstić information content (AvgIpc) is 3.23. The highest BCUT2D eigenvalue weighted by molar-refractivity contribution is 5.71. The second kappa shape index (κ2) is 48.3. The lowest BCUT2D eigenvalue weighted by Gasteiger charge is -2.18. The van der Waals surface area contributed by atoms with Crippen LogP contribution in [0.1, 0.15) is 265 Å². The van der Waals surface area contributed by atoms with Gasteiger partial charge in [0, 0.05) is 19.3 Å². The topological polar surface area (TPSA) is 78.9 Å². The molecule has 0 aromatic rings. The fourth-order valence-electron chi connectivity index (χ4n) is 7.19. The van der Waals surface area contributed by atoms with Crippen LogP contribution in [0.3, 0.4) is 0 Å². The van der Waals surface area contributed by atoms with Crippen LogP contribution in [0.15, 0.2) is 36.5 Å². The maximum Gasteiger partial charge on any atom is 0.306 e. The first-order valence-electron chi connectivity index (χ1n) is 25.5. The molecule has 0 spiro atoms. The zero-order valence-corrected chi connectivity index (χ0v) is 39.3. The maximum atomic E-state index is 12.8. The molecule has 59 heavy (non-hydrogen) atoms. The van der Waals surface area contributed by atoms with Crippen molar-refractivity contribution in [3.63, 3.8) is 0 Å². The van der Waals surface area contributed by atoms with Crippen molar-refractivity contribution < 1.29 is 28.6 Å². The number of carbonyl (C=O) groups excluding carboxylic acids is 3. The number of unbranched alkanes of at least 4 members (excludes halogenated alkanes) is 29. The number of allylic oxidation sites excluding steroid dienone is 6. The first kappa shape index (κ1) is 56.6. The molecular formula is C53H96O6. The second-order valence-corrected chi connectivity index (χ2v) is 17.1. The summed E-state index contributed by atoms with van der Waals surface area (Å²) in [6.07, 6.45) is 55.5. The van der Waals surface area contributed by atoms with Gasteiger partial charge >= 0.3 is 17.9 Å². The summed E-state index contributed by atoms with van der Waals surface area (Å²) in [4.78, 5) is 37.9. The van der Waals surface area contributed by atoms with Crippen molar-refractivity contribution in [1.29, 1.82) is 0 Å². The van der Waals surface area contributed by atoms with Crippen LogP contribution < -0.4 is 0 Å². The molecule has 0 aliphatic carbocycles. The lowest BCUT2D eigenvalue weighted by Crippen LogP contribution is -2.30. The van der Waals surface area contributed by atoms with Gasteiger partial charge in [-0.05, 0) is 96.3 Å². The SMILES string of the molecule is CCCCC/C=C\CCCCCCCC(=O)OCC(COC(=O)CCCCCCC/C=C\CCCCCCCC)OC(=O)CCCCCCC/C=C\CCCCCCC. The van der Waals surface area contributed by atoms with Crippen LogP contribution in [0.4, 0.5) is 0 Å². The van der Waals surface area contributed by atoms with Crippen LogP contribution in [0.2, 0.25) is 0 Å². The van der Waals surface area contributed by atoms with Crippen molar-refractivity contribution in [3.8, 4) is 0 Å². The molecule has 0 aromatic carbocycles. The van der Waals surface area contributed by atoms with E-state index in [0.717, 1.165) is 83.5 Å². The second-order valence-electron chi connectivity index (χ2n) is 17.1. The van der Waals surface area contributed by atoms with Gasteiger partial charge in [0.1, 0.15) is 13.2 Å². The Morgan fingerprint density at radius 3 is 0.881 bits per heavy atom. The summed E-state index contributed by atoms with van der Waals surface area (Å²) in [6, 6.07) is 0. The third-order valence-corrected chi connectivity index (χ3v) is 11.1. The molecule has 0 aliphatic heterocycles. The van der Waals surface area contributed by atoms with Gasteiger partial charge in [0.05, 0.1) is 0 Å². The van der Waals surface area contributed by atoms with Gasteiger partial charge in [-0.2, -0.15) is 0 Å². The average molecular weight is 829 g/mol. The van der Waals surface area contributed by atoms with Gasteiger partial charge in [0.15, 0.2) is 6.10 Å². The van der Waals surface area contributed by atoms with Crippen LogP contribution >= 0.6 is 0 Å². The Labute approximate surface area is 365 Å². The Morgan fingerprint density at radius 2 is 0.559 bits per heavy atom. The third-order valence-electron chi connectivity index (χ3n) is 11.1. The predicted molar refractivity (Wildman–Crippen MR) is 252 cm³/mol. The van der Waals surface area contributed by atoms with E-state index >= 15 is 0 Å². The molecule has 0 radical (unpaired) electrons. The van der Waals surface area contributed by atoms with Crippen LogP contribution in [-0.4, -0.2) is 37.2 Å². The third kappa shape index (κ3) is 46.5. The van der Waals surface area contributed by atoms with Crippen molar-refractivity contribution in [2.45, 2.75) is 271 Å². The van der Waals surface area contributed by atoms with Gasteiger partial charge < -0.3 is 14.2 Å². The molecule has 0 heterocycles. The molecule has 1 atom stereocenters. The van der Waals surface area contributed by atoms with Crippen molar-refractivity contribution >= 4 is 17.9 Å². The number of hydrogen-bond acceptors (Lipinski definition) is 6. The molecule has 1 unspecified atom stereocenters. The lowest BCUT2D eigenvalue weighted by molar-refractivity contribution is -0.167. The van der Waals surface area contributed by atoms with E-state index in [1.807, 2.05) is 0 Å². The minimum atomic E-state index is -0.780. The summed E-state index contributed by atoms with van der Waals surface area (Å²) >= 11 is 0. The molecule has 0 fully saturated rings. The summed E-state index contributed by atoms with van der Waals surface area (Å²) in [7, 11) is 0. The molecule has 0 aliphatic rings. The number of hydrogen-bond donors (Lipinski definition) is 0. The molecule has 6 heteroatoms. The van der Waals surface area contributed by atoms with Crippen LogP contribution in [0, 0.1) is 0 Å². The number of carbonyl (C=O) groups is 3. The molecule has 0 amide bonds. The number of ether oxygens (including phenoxy) is 3. The molecule has 0 N–H and O–H groups in total. The normalized spacial score (nSPS) is 12.3. The smallest absolute Gasteiger partial charge is 0.306 e. The minimum absolute atomic E-state index is 0.0811. The summed E-state index contributed by atoms with van der Waals surface area (Å²) in [5, 5.41) is 0. The molecule has 0 saturated carbocycles. The molecule has 6 nitrogen and oxygen atoms in total. The Balaban J connectivity index is 4.39. The molecule has 0 bridgehead atoms. The van der Waals surface area contributed by atoms with Crippen LogP contribution in [0.5, 0.6) is 0 Å². The van der Waals surface area contributed by atoms with E-state index in [9.17, 15) is 14.4 Å². The van der Waals surface area contributed by atoms with Gasteiger partial charge in [0.25, 0.3) is 0 Å². The maximum absolute atomic E-state index is 12.8. The monoisotopic (exact) mass is 829 g/mol. The van der Waals surface area contributed by atoms with E-state index in [0.29, 0.717) is 19.3 Å². The summed E-state index contributed by atoms with van der Waals surface area (Å²) < 4.78 is 16.8. The molecule has 0 aromatic heterocycles. The van der Waals surface area contributed by atoms with Gasteiger partial charge in [-0.15, -0.1) is 0 Å². The largest absolute Gasteiger partial charge is 0.462 e. The van der Waals surface area contributed by atoms with E-state index < -0.39 is 6.10 Å². The molecular weight excluding hydrogens is 733 g/mol. The fraction of sp³-hybridized carbons (Fsp3) is 0.830. The van der Waals surface area contributed by atoms with Crippen molar-refractivity contribution in [1.82, 2.24) is 0 Å². The fourth-order valence-corrected chi connectivity index (χ4v) is 7.19. The van der Waals surface area contributed by atoms with E-state index in [4.69, 9.17) is 14.2 Å². The number of esters is 3. The first-order valence-corrected chi connectivity index (χ1v) is 25.5. The quantitative estimate of drug-likeness (QED) is 0.0263. The van der Waals surface area contributed by atoms with Crippen molar-refractivity contribution in [3.05, 3.63) is 36.5 Å². The van der Waals surface area contributed by atoms with Gasteiger partial charge in [0.2, 0.25) is 0 Å². The first-order chi connectivity index (χ1) is 29.0. The Kier molecular flexibility index (Phi) is 46.4. The summed E-state index contributed by atoms with van der Waals surface area (Å²) in [5.74, 6) is -0.900. The van der Waals surface area contributed by atoms with Crippen molar-refractivity contribution in [2.24, 2.45) is 0 Å². The zero-order chi connectivity index (χ0) is 43.0. The van der Waals surface area contributed by atoms with Crippen LogP contribution in [0.25, 0.3) is 0 Å². The lowest BCUT2D eigenvalue weighted by atomic mass is 10.1. The summed E-state index contributed by atoms with van der Waals surface area (Å²) in [5.41, 5.74) is 0. The molecule has 0 rings (SSSR count). The highest BCUT2D eigenvalue weighted by Crippen LogP contribution is 2.14. The Bertz CT molecular complexity index is 1000. The Hall–Kier alpha value is -2.37. The van der Waals surface area contributed by atoms with E-state index in [-0.39, 0.29) is 31.1 Å². The van der Waals surface area contributed by atoms with Gasteiger partial charge in [-0.25, -0.2) is 0 Å². The van der Waals surface area contributed by atoms with Crippen LogP contribution in [-0.2, 0) is 28.6 Å². The zero-order valence-electron chi connectivity index (χ0n) is 39.3. The number of rotatable bonds is 46. The van der Waals surface area contributed by atoms with E-state index in [2.05, 4.69) is 57.2 Å². The minimum Gasteiger partial charge on any atom is -0.462 e. The Morgan fingerprint density at radius 1 is 0.322 bits per heavy atom. The van der Waals surface area contributed by atoms with Gasteiger partial charge in [-0.1, -0.05) is 186 Å². The van der Waals surface area contributed by atoms with E-state index in [1.165, 1.54) is 141 Å². The molecule has 0 saturated heterocycles. The predicted octanol–water partition coefficient (Wildman–Crippen LogP) is 16.5. The highest BCUT2D eigenvalue weighted by atomic mass is 16.6. The van der Waals surface area contributed by atoms with Crippen molar-refractivity contribution in [2.75, 3.05) is 13.2 Å². The highest BCUT2D eigenvalue weighted by Gasteiger charge is 2.19. The standard InChI is InChI=1S/C53H96O6/c1-4-7-10-13-16-19-22-25-27-29-31-34-37-40-43-46-52(55)58-49-50(48-57-51(54)45-42-39-36-33-30-24-21-18-15-12-9-6-3)59-53(56)47-44-41-38-35-32-28-26-23-20-17-14-11-8-5-2/h18,21,23,25-27,50H,4-17,19-20,22,24,28-49H2,1-3H3/b21-18-,26-23-,27-25-.